The number of likely N-dealkylation sites (tertiary alicyclic amines) is 1. The molecule has 0 radical (unpaired) electrons. The van der Waals surface area contributed by atoms with Gasteiger partial charge >= 0.3 is 0 Å². The van der Waals surface area contributed by atoms with Gasteiger partial charge in [0.2, 0.25) is 0 Å². The lowest BCUT2D eigenvalue weighted by molar-refractivity contribution is 0.0738. The van der Waals surface area contributed by atoms with E-state index in [-0.39, 0.29) is 46.5 Å². The number of nitrogens with zero attached hydrogens (tertiary/aromatic N) is 2. The first-order valence-electron chi connectivity index (χ1n) is 7.42. The molecule has 1 saturated heterocycles. The first kappa shape index (κ1) is 18.8. The number of aromatic nitrogens is 1. The Morgan fingerprint density at radius 2 is 2.08 bits per heavy atom. The van der Waals surface area contributed by atoms with Crippen molar-refractivity contribution in [3.8, 4) is 10.6 Å². The molecule has 2 aromatic rings. The lowest BCUT2D eigenvalue weighted by Crippen LogP contribution is -2.34. The van der Waals surface area contributed by atoms with Crippen molar-refractivity contribution in [2.24, 2.45) is 11.7 Å². The van der Waals surface area contributed by atoms with Crippen LogP contribution in [0.2, 0.25) is 0 Å². The molecule has 1 aromatic carbocycles. The van der Waals surface area contributed by atoms with Gasteiger partial charge < -0.3 is 10.6 Å². The quantitative estimate of drug-likeness (QED) is 0.897. The third-order valence-electron chi connectivity index (χ3n) is 4.16. The Morgan fingerprint density at radius 3 is 2.67 bits per heavy atom. The smallest absolute Gasteiger partial charge is 0.273 e. The largest absolute Gasteiger partial charge is 0.334 e. The van der Waals surface area contributed by atoms with Crippen molar-refractivity contribution in [3.63, 3.8) is 0 Å². The van der Waals surface area contributed by atoms with Crippen LogP contribution in [0.5, 0.6) is 0 Å². The molecular formula is C16H18ClF2N3OS. The van der Waals surface area contributed by atoms with Crippen molar-refractivity contribution >= 4 is 29.7 Å². The van der Waals surface area contributed by atoms with Gasteiger partial charge in [0.05, 0.1) is 5.56 Å². The van der Waals surface area contributed by atoms with E-state index in [2.05, 4.69) is 4.98 Å². The topological polar surface area (TPSA) is 59.2 Å². The molecule has 1 aliphatic heterocycles. The molecule has 130 valence electrons. The van der Waals surface area contributed by atoms with Crippen molar-refractivity contribution in [2.75, 3.05) is 13.1 Å². The van der Waals surface area contributed by atoms with Gasteiger partial charge in [0.1, 0.15) is 22.3 Å². The first-order valence-corrected chi connectivity index (χ1v) is 8.30. The Balaban J connectivity index is 0.00000208. The Bertz CT molecular complexity index is 720. The number of hydrogen-bond acceptors (Lipinski definition) is 4. The number of carbonyl (C=O) groups excluding carboxylic acids is 1. The van der Waals surface area contributed by atoms with E-state index in [1.165, 1.54) is 18.2 Å². The monoisotopic (exact) mass is 373 g/mol. The molecule has 8 heteroatoms. The summed E-state index contributed by atoms with van der Waals surface area (Å²) in [5, 5.41) is 1.72. The number of thiazole rings is 1. The van der Waals surface area contributed by atoms with Crippen molar-refractivity contribution in [2.45, 2.75) is 19.4 Å². The second-order valence-electron chi connectivity index (χ2n) is 5.78. The van der Waals surface area contributed by atoms with E-state index in [9.17, 15) is 13.6 Å². The number of halogens is 3. The third-order valence-corrected chi connectivity index (χ3v) is 5.02. The maximum atomic E-state index is 13.8. The van der Waals surface area contributed by atoms with Gasteiger partial charge in [-0.05, 0) is 37.9 Å². The summed E-state index contributed by atoms with van der Waals surface area (Å²) in [5.41, 5.74) is 5.71. The molecule has 2 unspecified atom stereocenters. The number of carbonyl (C=O) groups is 1. The summed E-state index contributed by atoms with van der Waals surface area (Å²) in [4.78, 5) is 18.5. The SMILES string of the molecule is CC1CC(CN)CN1C(=O)c1csc(-c2c(F)cccc2F)n1.Cl. The summed E-state index contributed by atoms with van der Waals surface area (Å²) in [6.45, 7) is 3.10. The second kappa shape index (κ2) is 7.55. The highest BCUT2D eigenvalue weighted by Crippen LogP contribution is 2.30. The summed E-state index contributed by atoms with van der Waals surface area (Å²) in [6.07, 6.45) is 0.862. The number of rotatable bonds is 3. The van der Waals surface area contributed by atoms with Gasteiger partial charge in [0, 0.05) is 18.0 Å². The van der Waals surface area contributed by atoms with Gasteiger partial charge in [-0.3, -0.25) is 4.79 Å². The Kier molecular flexibility index (Phi) is 5.90. The lowest BCUT2D eigenvalue weighted by atomic mass is 10.1. The number of benzene rings is 1. The highest BCUT2D eigenvalue weighted by molar-refractivity contribution is 7.13. The van der Waals surface area contributed by atoms with Crippen LogP contribution in [-0.2, 0) is 0 Å². The fourth-order valence-electron chi connectivity index (χ4n) is 2.93. The maximum absolute atomic E-state index is 13.8. The molecule has 1 aromatic heterocycles. The molecule has 3 rings (SSSR count). The predicted molar refractivity (Wildman–Crippen MR) is 92.4 cm³/mol. The molecule has 0 aliphatic carbocycles. The highest BCUT2D eigenvalue weighted by atomic mass is 35.5. The van der Waals surface area contributed by atoms with E-state index in [0.717, 1.165) is 17.8 Å². The minimum Gasteiger partial charge on any atom is -0.334 e. The molecule has 2 N–H and O–H groups in total. The zero-order chi connectivity index (χ0) is 16.6. The fourth-order valence-corrected chi connectivity index (χ4v) is 3.77. The van der Waals surface area contributed by atoms with E-state index in [1.807, 2.05) is 6.92 Å². The van der Waals surface area contributed by atoms with Gasteiger partial charge in [0.25, 0.3) is 5.91 Å². The Hall–Kier alpha value is -1.57. The first-order chi connectivity index (χ1) is 11.0. The van der Waals surface area contributed by atoms with E-state index >= 15 is 0 Å². The maximum Gasteiger partial charge on any atom is 0.273 e. The molecule has 1 fully saturated rings. The van der Waals surface area contributed by atoms with Crippen LogP contribution in [0.3, 0.4) is 0 Å². The standard InChI is InChI=1S/C16H17F2N3OS.ClH/c1-9-5-10(6-19)7-21(9)16(22)13-8-23-15(20-13)14-11(17)3-2-4-12(14)18;/h2-4,8-10H,5-7,19H2,1H3;1H. The van der Waals surface area contributed by atoms with Gasteiger partial charge in [-0.1, -0.05) is 6.07 Å². The lowest BCUT2D eigenvalue weighted by Gasteiger charge is -2.20. The van der Waals surface area contributed by atoms with E-state index < -0.39 is 11.6 Å². The molecule has 0 saturated carbocycles. The highest BCUT2D eigenvalue weighted by Gasteiger charge is 2.33. The molecule has 0 spiro atoms. The summed E-state index contributed by atoms with van der Waals surface area (Å²) < 4.78 is 27.6. The minimum absolute atomic E-state index is 0. The molecule has 2 heterocycles. The molecule has 2 atom stereocenters. The average molecular weight is 374 g/mol. The summed E-state index contributed by atoms with van der Waals surface area (Å²) >= 11 is 1.06. The van der Waals surface area contributed by atoms with E-state index in [1.54, 1.807) is 10.3 Å². The van der Waals surface area contributed by atoms with Crippen LogP contribution in [0.15, 0.2) is 23.6 Å². The van der Waals surface area contributed by atoms with Crippen LogP contribution in [0.1, 0.15) is 23.8 Å². The Labute approximate surface area is 149 Å². The van der Waals surface area contributed by atoms with Crippen LogP contribution in [0.25, 0.3) is 10.6 Å². The van der Waals surface area contributed by atoms with Gasteiger partial charge in [-0.15, -0.1) is 23.7 Å². The van der Waals surface area contributed by atoms with Gasteiger partial charge in [-0.2, -0.15) is 0 Å². The number of amides is 1. The molecule has 24 heavy (non-hydrogen) atoms. The number of nitrogens with two attached hydrogens (primary N) is 1. The van der Waals surface area contributed by atoms with Crippen molar-refractivity contribution in [1.82, 2.24) is 9.88 Å². The molecule has 0 bridgehead atoms. The molecular weight excluding hydrogens is 356 g/mol. The van der Waals surface area contributed by atoms with Crippen LogP contribution in [-0.4, -0.2) is 34.9 Å². The predicted octanol–water partition coefficient (Wildman–Crippen LogP) is 3.32. The van der Waals surface area contributed by atoms with Crippen LogP contribution in [0, 0.1) is 17.6 Å². The van der Waals surface area contributed by atoms with Crippen molar-refractivity contribution in [3.05, 3.63) is 40.9 Å². The van der Waals surface area contributed by atoms with Crippen LogP contribution in [0.4, 0.5) is 8.78 Å². The fraction of sp³-hybridized carbons (Fsp3) is 0.375. The second-order valence-corrected chi connectivity index (χ2v) is 6.64. The summed E-state index contributed by atoms with van der Waals surface area (Å²) in [6, 6.07) is 3.74. The van der Waals surface area contributed by atoms with Crippen molar-refractivity contribution < 1.29 is 13.6 Å². The van der Waals surface area contributed by atoms with E-state index in [0.29, 0.717) is 13.1 Å². The summed E-state index contributed by atoms with van der Waals surface area (Å²) in [7, 11) is 0. The Morgan fingerprint density at radius 1 is 1.42 bits per heavy atom. The zero-order valence-corrected chi connectivity index (χ0v) is 14.7. The van der Waals surface area contributed by atoms with Crippen molar-refractivity contribution in [1.29, 1.82) is 0 Å². The van der Waals surface area contributed by atoms with E-state index in [4.69, 9.17) is 5.73 Å². The average Bonchev–Trinajstić information content (AvgIpc) is 3.13. The molecule has 1 amide bonds. The zero-order valence-electron chi connectivity index (χ0n) is 13.0. The van der Waals surface area contributed by atoms with Crippen LogP contribution < -0.4 is 5.73 Å². The normalized spacial score (nSPS) is 20.1. The van der Waals surface area contributed by atoms with Crippen LogP contribution >= 0.6 is 23.7 Å². The third kappa shape index (κ3) is 3.43. The van der Waals surface area contributed by atoms with Gasteiger partial charge in [0.15, 0.2) is 0 Å². The molecule has 1 aliphatic rings. The molecule has 4 nitrogen and oxygen atoms in total. The summed E-state index contributed by atoms with van der Waals surface area (Å²) in [5.74, 6) is -1.30. The number of hydrogen-bond donors (Lipinski definition) is 1. The van der Waals surface area contributed by atoms with Gasteiger partial charge in [-0.25, -0.2) is 13.8 Å². The minimum atomic E-state index is -0.684.